The topological polar surface area (TPSA) is 26.0 Å². The van der Waals surface area contributed by atoms with Gasteiger partial charge in [0.25, 0.3) is 0 Å². The molecule has 1 saturated carbocycles. The van der Waals surface area contributed by atoms with Gasteiger partial charge in [0.05, 0.1) is 0 Å². The van der Waals surface area contributed by atoms with Crippen LogP contribution in [0, 0.1) is 0 Å². The molecule has 1 unspecified atom stereocenters. The lowest BCUT2D eigenvalue weighted by Gasteiger charge is -2.20. The highest BCUT2D eigenvalue weighted by atomic mass is 79.9. The molecule has 0 spiro atoms. The minimum atomic E-state index is -0.425. The molecule has 0 aromatic heterocycles. The molecule has 0 aliphatic heterocycles. The van der Waals surface area contributed by atoms with Gasteiger partial charge in [-0.05, 0) is 37.0 Å². The molecule has 15 heavy (non-hydrogen) atoms. The van der Waals surface area contributed by atoms with E-state index in [-0.39, 0.29) is 11.5 Å². The zero-order chi connectivity index (χ0) is 11.1. The highest BCUT2D eigenvalue weighted by Crippen LogP contribution is 2.50. The summed E-state index contributed by atoms with van der Waals surface area (Å²) in [6.07, 6.45) is 2.29. The van der Waals surface area contributed by atoms with Crippen LogP contribution in [-0.2, 0) is 12.1 Å². The summed E-state index contributed by atoms with van der Waals surface area (Å²) in [5.41, 5.74) is 8.09. The Morgan fingerprint density at radius 1 is 1.53 bits per heavy atom. The summed E-state index contributed by atoms with van der Waals surface area (Å²) in [6.45, 7) is 1.62. The van der Waals surface area contributed by atoms with E-state index in [1.165, 1.54) is 5.56 Å². The monoisotopic (exact) mass is 271 g/mol. The normalized spacial score (nSPS) is 20.0. The second-order valence-electron chi connectivity index (χ2n) is 4.38. The SMILES string of the molecule is CC(N)C1(c2ccc(CF)c(Br)c2)CC1. The van der Waals surface area contributed by atoms with Crippen LogP contribution in [0.4, 0.5) is 4.39 Å². The first kappa shape index (κ1) is 11.1. The standard InChI is InChI=1S/C12H15BrFN/c1-8(15)12(4-5-12)10-3-2-9(7-14)11(13)6-10/h2-3,6,8H,4-5,7,15H2,1H3. The first-order valence-electron chi connectivity index (χ1n) is 5.20. The fraction of sp³-hybridized carbons (Fsp3) is 0.500. The van der Waals surface area contributed by atoms with Crippen molar-refractivity contribution in [1.29, 1.82) is 0 Å². The molecule has 1 fully saturated rings. The Balaban J connectivity index is 2.35. The molecule has 1 aromatic carbocycles. The van der Waals surface area contributed by atoms with Crippen LogP contribution in [-0.4, -0.2) is 6.04 Å². The molecular weight excluding hydrogens is 257 g/mol. The van der Waals surface area contributed by atoms with Crippen LogP contribution in [0.5, 0.6) is 0 Å². The van der Waals surface area contributed by atoms with Crippen molar-refractivity contribution in [3.63, 3.8) is 0 Å². The van der Waals surface area contributed by atoms with E-state index in [1.54, 1.807) is 0 Å². The van der Waals surface area contributed by atoms with Crippen molar-refractivity contribution < 1.29 is 4.39 Å². The van der Waals surface area contributed by atoms with E-state index in [0.717, 1.165) is 17.3 Å². The average molecular weight is 272 g/mol. The second kappa shape index (κ2) is 3.87. The summed E-state index contributed by atoms with van der Waals surface area (Å²) in [7, 11) is 0. The Bertz CT molecular complexity index is 372. The Morgan fingerprint density at radius 3 is 2.60 bits per heavy atom. The predicted molar refractivity (Wildman–Crippen MR) is 63.5 cm³/mol. The molecule has 82 valence electrons. The van der Waals surface area contributed by atoms with E-state index in [1.807, 2.05) is 25.1 Å². The Morgan fingerprint density at radius 2 is 2.20 bits per heavy atom. The smallest absolute Gasteiger partial charge is 0.116 e. The van der Waals surface area contributed by atoms with Crippen LogP contribution in [0.2, 0.25) is 0 Å². The van der Waals surface area contributed by atoms with Crippen molar-refractivity contribution in [3.05, 3.63) is 33.8 Å². The fourth-order valence-corrected chi connectivity index (χ4v) is 2.59. The minimum Gasteiger partial charge on any atom is -0.327 e. The molecule has 2 rings (SSSR count). The first-order valence-corrected chi connectivity index (χ1v) is 6.00. The highest BCUT2D eigenvalue weighted by molar-refractivity contribution is 9.10. The maximum Gasteiger partial charge on any atom is 0.116 e. The number of rotatable bonds is 3. The number of halogens is 2. The molecule has 2 N–H and O–H groups in total. The fourth-order valence-electron chi connectivity index (χ4n) is 2.11. The Kier molecular flexibility index (Phi) is 2.86. The van der Waals surface area contributed by atoms with Crippen molar-refractivity contribution in [3.8, 4) is 0 Å². The van der Waals surface area contributed by atoms with Crippen molar-refractivity contribution in [2.75, 3.05) is 0 Å². The molecule has 0 saturated heterocycles. The first-order chi connectivity index (χ1) is 7.10. The number of benzene rings is 1. The summed E-state index contributed by atoms with van der Waals surface area (Å²) < 4.78 is 13.4. The van der Waals surface area contributed by atoms with Gasteiger partial charge in [-0.2, -0.15) is 0 Å². The van der Waals surface area contributed by atoms with Crippen LogP contribution in [0.15, 0.2) is 22.7 Å². The van der Waals surface area contributed by atoms with Gasteiger partial charge in [-0.1, -0.05) is 28.1 Å². The molecule has 1 aliphatic rings. The van der Waals surface area contributed by atoms with Gasteiger partial charge in [-0.15, -0.1) is 0 Å². The van der Waals surface area contributed by atoms with Gasteiger partial charge in [-0.25, -0.2) is 4.39 Å². The lowest BCUT2D eigenvalue weighted by Crippen LogP contribution is -2.31. The van der Waals surface area contributed by atoms with Crippen LogP contribution < -0.4 is 5.73 Å². The third-order valence-corrected chi connectivity index (χ3v) is 4.17. The Labute approximate surface area is 98.0 Å². The van der Waals surface area contributed by atoms with Crippen molar-refractivity contribution in [1.82, 2.24) is 0 Å². The zero-order valence-electron chi connectivity index (χ0n) is 8.76. The summed E-state index contributed by atoms with van der Waals surface area (Å²) in [6, 6.07) is 6.05. The molecule has 1 nitrogen and oxygen atoms in total. The molecule has 1 aromatic rings. The number of hydrogen-bond donors (Lipinski definition) is 1. The Hall–Kier alpha value is -0.410. The highest BCUT2D eigenvalue weighted by Gasteiger charge is 2.47. The molecule has 1 aliphatic carbocycles. The van der Waals surface area contributed by atoms with Crippen LogP contribution in [0.25, 0.3) is 0 Å². The summed E-state index contributed by atoms with van der Waals surface area (Å²) in [5.74, 6) is 0. The molecule has 3 heteroatoms. The number of hydrogen-bond acceptors (Lipinski definition) is 1. The number of alkyl halides is 1. The maximum atomic E-state index is 12.5. The quantitative estimate of drug-likeness (QED) is 0.897. The lowest BCUT2D eigenvalue weighted by molar-refractivity contribution is 0.483. The van der Waals surface area contributed by atoms with Crippen LogP contribution in [0.3, 0.4) is 0 Å². The van der Waals surface area contributed by atoms with E-state index < -0.39 is 6.67 Å². The molecule has 0 bridgehead atoms. The molecular formula is C12H15BrFN. The molecule has 0 radical (unpaired) electrons. The van der Waals surface area contributed by atoms with Crippen molar-refractivity contribution in [2.24, 2.45) is 5.73 Å². The van der Waals surface area contributed by atoms with E-state index >= 15 is 0 Å². The largest absolute Gasteiger partial charge is 0.327 e. The summed E-state index contributed by atoms with van der Waals surface area (Å²) >= 11 is 3.40. The van der Waals surface area contributed by atoms with Crippen LogP contribution >= 0.6 is 15.9 Å². The molecule has 0 heterocycles. The third-order valence-electron chi connectivity index (χ3n) is 3.43. The zero-order valence-corrected chi connectivity index (χ0v) is 10.3. The van der Waals surface area contributed by atoms with E-state index in [2.05, 4.69) is 15.9 Å². The van der Waals surface area contributed by atoms with Crippen molar-refractivity contribution in [2.45, 2.75) is 37.9 Å². The van der Waals surface area contributed by atoms with E-state index in [4.69, 9.17) is 5.73 Å². The van der Waals surface area contributed by atoms with Gasteiger partial charge in [0, 0.05) is 15.9 Å². The molecule has 0 amide bonds. The predicted octanol–water partition coefficient (Wildman–Crippen LogP) is 3.30. The summed E-state index contributed by atoms with van der Waals surface area (Å²) in [5, 5.41) is 0. The van der Waals surface area contributed by atoms with Gasteiger partial charge in [0.15, 0.2) is 0 Å². The van der Waals surface area contributed by atoms with Crippen molar-refractivity contribution >= 4 is 15.9 Å². The summed E-state index contributed by atoms with van der Waals surface area (Å²) in [4.78, 5) is 0. The van der Waals surface area contributed by atoms with E-state index in [0.29, 0.717) is 5.56 Å². The van der Waals surface area contributed by atoms with Gasteiger partial charge in [0.2, 0.25) is 0 Å². The average Bonchev–Trinajstić information content (AvgIpc) is 2.98. The second-order valence-corrected chi connectivity index (χ2v) is 5.24. The molecule has 1 atom stereocenters. The van der Waals surface area contributed by atoms with Gasteiger partial charge in [-0.3, -0.25) is 0 Å². The number of nitrogens with two attached hydrogens (primary N) is 1. The van der Waals surface area contributed by atoms with Crippen LogP contribution in [0.1, 0.15) is 30.9 Å². The van der Waals surface area contributed by atoms with Gasteiger partial charge in [0.1, 0.15) is 6.67 Å². The maximum absolute atomic E-state index is 12.5. The third kappa shape index (κ3) is 1.83. The van der Waals surface area contributed by atoms with Gasteiger partial charge >= 0.3 is 0 Å². The minimum absolute atomic E-state index is 0.150. The van der Waals surface area contributed by atoms with Gasteiger partial charge < -0.3 is 5.73 Å². The lowest BCUT2D eigenvalue weighted by atomic mass is 9.89. The van der Waals surface area contributed by atoms with E-state index in [9.17, 15) is 4.39 Å².